The number of hydrogen-bond donors (Lipinski definition) is 1. The molecule has 1 aliphatic heterocycles. The Bertz CT molecular complexity index is 462. The number of carbonyl (C=O) groups is 2. The number of esters is 1. The van der Waals surface area contributed by atoms with E-state index in [9.17, 15) is 9.59 Å². The molecule has 0 unspecified atom stereocenters. The summed E-state index contributed by atoms with van der Waals surface area (Å²) in [5, 5.41) is 8.72. The lowest BCUT2D eigenvalue weighted by atomic mass is 9.97. The van der Waals surface area contributed by atoms with Crippen molar-refractivity contribution in [3.8, 4) is 0 Å². The highest BCUT2D eigenvalue weighted by Gasteiger charge is 2.23. The molecular formula is C12H12O4. The van der Waals surface area contributed by atoms with E-state index in [2.05, 4.69) is 0 Å². The van der Waals surface area contributed by atoms with Crippen LogP contribution in [0.4, 0.5) is 0 Å². The van der Waals surface area contributed by atoms with Crippen molar-refractivity contribution in [3.05, 3.63) is 34.4 Å². The number of carbonyl (C=O) groups excluding carboxylic acids is 2. The summed E-state index contributed by atoms with van der Waals surface area (Å²) < 4.78 is 4.87. The molecule has 1 aliphatic rings. The van der Waals surface area contributed by atoms with Crippen LogP contribution in [0.3, 0.4) is 0 Å². The van der Waals surface area contributed by atoms with Gasteiger partial charge in [-0.3, -0.25) is 4.79 Å². The third-order valence-electron chi connectivity index (χ3n) is 2.67. The maximum absolute atomic E-state index is 11.7. The van der Waals surface area contributed by atoms with Crippen LogP contribution in [0.25, 0.3) is 0 Å². The smallest absolute Gasteiger partial charge is 0.338 e. The number of ether oxygens (including phenoxy) is 1. The van der Waals surface area contributed by atoms with Crippen molar-refractivity contribution >= 4 is 11.8 Å². The van der Waals surface area contributed by atoms with Gasteiger partial charge >= 0.3 is 5.97 Å². The third-order valence-corrected chi connectivity index (χ3v) is 2.67. The first-order valence-corrected chi connectivity index (χ1v) is 5.08. The number of aliphatic hydroxyl groups is 1. The molecule has 1 N–H and O–H groups in total. The van der Waals surface area contributed by atoms with Crippen molar-refractivity contribution in [2.24, 2.45) is 0 Å². The van der Waals surface area contributed by atoms with Crippen LogP contribution in [0.15, 0.2) is 12.1 Å². The first kappa shape index (κ1) is 10.8. The van der Waals surface area contributed by atoms with Crippen LogP contribution in [0.1, 0.15) is 38.3 Å². The summed E-state index contributed by atoms with van der Waals surface area (Å²) in [5.41, 5.74) is 2.59. The molecule has 0 aromatic heterocycles. The van der Waals surface area contributed by atoms with Gasteiger partial charge in [0.2, 0.25) is 0 Å². The Labute approximate surface area is 92.8 Å². The highest BCUT2D eigenvalue weighted by atomic mass is 16.5. The SMILES string of the molecule is Cc1cc2c(cc1C(=O)CCO)C(=O)OC2. The van der Waals surface area contributed by atoms with Crippen LogP contribution in [-0.2, 0) is 11.3 Å². The van der Waals surface area contributed by atoms with Gasteiger partial charge in [-0.05, 0) is 18.6 Å². The minimum atomic E-state index is -0.381. The van der Waals surface area contributed by atoms with Crippen LogP contribution in [0, 0.1) is 6.92 Å². The van der Waals surface area contributed by atoms with Crippen molar-refractivity contribution in [2.75, 3.05) is 6.61 Å². The third kappa shape index (κ3) is 1.72. The molecule has 0 spiro atoms. The number of aliphatic hydroxyl groups excluding tert-OH is 1. The van der Waals surface area contributed by atoms with Crippen molar-refractivity contribution < 1.29 is 19.4 Å². The molecule has 1 aromatic rings. The summed E-state index contributed by atoms with van der Waals surface area (Å²) in [6.45, 7) is 1.91. The number of ketones is 1. The first-order valence-electron chi connectivity index (χ1n) is 5.08. The number of rotatable bonds is 3. The average molecular weight is 220 g/mol. The average Bonchev–Trinajstić information content (AvgIpc) is 2.59. The van der Waals surface area contributed by atoms with Crippen LogP contribution in [-0.4, -0.2) is 23.5 Å². The lowest BCUT2D eigenvalue weighted by Gasteiger charge is -2.05. The summed E-state index contributed by atoms with van der Waals surface area (Å²) in [7, 11) is 0. The number of fused-ring (bicyclic) bond motifs is 1. The molecule has 1 aromatic carbocycles. The topological polar surface area (TPSA) is 63.6 Å². The van der Waals surface area contributed by atoms with Gasteiger partial charge in [0.05, 0.1) is 12.2 Å². The van der Waals surface area contributed by atoms with E-state index in [1.165, 1.54) is 0 Å². The summed E-state index contributed by atoms with van der Waals surface area (Å²) in [6.07, 6.45) is 0.0780. The van der Waals surface area contributed by atoms with Crippen LogP contribution in [0.5, 0.6) is 0 Å². The van der Waals surface area contributed by atoms with Gasteiger partial charge in [-0.1, -0.05) is 6.07 Å². The van der Waals surface area contributed by atoms with Gasteiger partial charge in [-0.25, -0.2) is 4.79 Å². The zero-order chi connectivity index (χ0) is 11.7. The fraction of sp³-hybridized carbons (Fsp3) is 0.333. The molecular weight excluding hydrogens is 208 g/mol. The van der Waals surface area contributed by atoms with Gasteiger partial charge in [-0.2, -0.15) is 0 Å². The molecule has 4 nitrogen and oxygen atoms in total. The van der Waals surface area contributed by atoms with Gasteiger partial charge in [0.15, 0.2) is 5.78 Å². The fourth-order valence-electron chi connectivity index (χ4n) is 1.83. The molecule has 0 atom stereocenters. The number of benzene rings is 1. The molecule has 2 rings (SSSR count). The van der Waals surface area contributed by atoms with Crippen LogP contribution in [0.2, 0.25) is 0 Å². The normalized spacial score (nSPS) is 13.5. The van der Waals surface area contributed by atoms with Crippen LogP contribution < -0.4 is 0 Å². The Balaban J connectivity index is 2.44. The van der Waals surface area contributed by atoms with E-state index < -0.39 is 0 Å². The highest BCUT2D eigenvalue weighted by Crippen LogP contribution is 2.24. The second kappa shape index (κ2) is 4.06. The van der Waals surface area contributed by atoms with E-state index in [1.54, 1.807) is 12.1 Å². The molecule has 0 aliphatic carbocycles. The Hall–Kier alpha value is -1.68. The Morgan fingerprint density at radius 2 is 2.25 bits per heavy atom. The zero-order valence-corrected chi connectivity index (χ0v) is 8.95. The summed E-state index contributed by atoms with van der Waals surface area (Å²) >= 11 is 0. The molecule has 0 radical (unpaired) electrons. The molecule has 1 heterocycles. The second-order valence-electron chi connectivity index (χ2n) is 3.80. The van der Waals surface area contributed by atoms with Gasteiger partial charge < -0.3 is 9.84 Å². The molecule has 0 bridgehead atoms. The highest BCUT2D eigenvalue weighted by molar-refractivity contribution is 6.01. The van der Waals surface area contributed by atoms with Crippen LogP contribution >= 0.6 is 0 Å². The van der Waals surface area contributed by atoms with E-state index in [-0.39, 0.29) is 31.4 Å². The fourth-order valence-corrected chi connectivity index (χ4v) is 1.83. The van der Waals surface area contributed by atoms with Gasteiger partial charge in [0, 0.05) is 17.5 Å². The summed E-state index contributed by atoms with van der Waals surface area (Å²) in [5.74, 6) is -0.532. The molecule has 0 amide bonds. The molecule has 4 heteroatoms. The molecule has 16 heavy (non-hydrogen) atoms. The number of hydrogen-bond acceptors (Lipinski definition) is 4. The maximum Gasteiger partial charge on any atom is 0.338 e. The molecule has 0 fully saturated rings. The largest absolute Gasteiger partial charge is 0.457 e. The van der Waals surface area contributed by atoms with Gasteiger partial charge in [0.1, 0.15) is 6.61 Å². The van der Waals surface area contributed by atoms with Crippen molar-refractivity contribution in [1.29, 1.82) is 0 Å². The first-order chi connectivity index (χ1) is 7.63. The Kier molecular flexibility index (Phi) is 2.75. The second-order valence-corrected chi connectivity index (χ2v) is 3.80. The lowest BCUT2D eigenvalue weighted by molar-refractivity contribution is 0.0535. The quantitative estimate of drug-likeness (QED) is 0.614. The van der Waals surface area contributed by atoms with E-state index in [0.29, 0.717) is 11.1 Å². The molecule has 84 valence electrons. The van der Waals surface area contributed by atoms with Crippen molar-refractivity contribution in [3.63, 3.8) is 0 Å². The molecule has 0 saturated heterocycles. The number of aryl methyl sites for hydroxylation is 1. The summed E-state index contributed by atoms with van der Waals surface area (Å²) in [6, 6.07) is 3.36. The minimum Gasteiger partial charge on any atom is -0.457 e. The lowest BCUT2D eigenvalue weighted by Crippen LogP contribution is -2.06. The summed E-state index contributed by atoms with van der Waals surface area (Å²) in [4.78, 5) is 23.0. The standard InChI is InChI=1S/C12H12O4/c1-7-4-8-6-16-12(15)10(8)5-9(7)11(14)2-3-13/h4-5,13H,2-3,6H2,1H3. The Morgan fingerprint density at radius 1 is 1.50 bits per heavy atom. The predicted molar refractivity (Wildman–Crippen MR) is 56.3 cm³/mol. The van der Waals surface area contributed by atoms with Crippen molar-refractivity contribution in [2.45, 2.75) is 20.0 Å². The van der Waals surface area contributed by atoms with E-state index in [4.69, 9.17) is 9.84 Å². The Morgan fingerprint density at radius 3 is 2.94 bits per heavy atom. The van der Waals surface area contributed by atoms with E-state index >= 15 is 0 Å². The van der Waals surface area contributed by atoms with Gasteiger partial charge in [-0.15, -0.1) is 0 Å². The zero-order valence-electron chi connectivity index (χ0n) is 8.95. The van der Waals surface area contributed by atoms with E-state index in [0.717, 1.165) is 11.1 Å². The van der Waals surface area contributed by atoms with E-state index in [1.807, 2.05) is 6.92 Å². The van der Waals surface area contributed by atoms with Gasteiger partial charge in [0.25, 0.3) is 0 Å². The molecule has 0 saturated carbocycles. The minimum absolute atomic E-state index is 0.0780. The van der Waals surface area contributed by atoms with Crippen molar-refractivity contribution in [1.82, 2.24) is 0 Å². The maximum atomic E-state index is 11.7. The number of Topliss-reactive ketones (excluding diaryl/α,β-unsaturated/α-hetero) is 1. The monoisotopic (exact) mass is 220 g/mol. The predicted octanol–water partition coefficient (Wildman–Crippen LogP) is 1.23. The number of cyclic esters (lactones) is 1.